The van der Waals surface area contributed by atoms with E-state index in [1.807, 2.05) is 23.1 Å². The number of carbonyl (C=O) groups excluding carboxylic acids is 2. The predicted molar refractivity (Wildman–Crippen MR) is 91.8 cm³/mol. The lowest BCUT2D eigenvalue weighted by Gasteiger charge is -2.37. The molecular weight excluding hydrogens is 306 g/mol. The highest BCUT2D eigenvalue weighted by molar-refractivity contribution is 5.89. The third-order valence-corrected chi connectivity index (χ3v) is 4.66. The zero-order valence-electron chi connectivity index (χ0n) is 14.1. The van der Waals surface area contributed by atoms with Crippen LogP contribution in [-0.2, 0) is 14.3 Å². The van der Waals surface area contributed by atoms with E-state index in [-0.39, 0.29) is 11.8 Å². The number of piperazine rings is 1. The van der Waals surface area contributed by atoms with Crippen LogP contribution < -0.4 is 10.2 Å². The number of benzene rings is 1. The topological polar surface area (TPSA) is 61.9 Å². The zero-order valence-corrected chi connectivity index (χ0v) is 14.1. The molecule has 6 heteroatoms. The largest absolute Gasteiger partial charge is 0.368 e. The highest BCUT2D eigenvalue weighted by Gasteiger charge is 2.29. The van der Waals surface area contributed by atoms with E-state index in [4.69, 9.17) is 4.74 Å². The molecule has 6 nitrogen and oxygen atoms in total. The predicted octanol–water partition coefficient (Wildman–Crippen LogP) is 1.02. The van der Waals surface area contributed by atoms with E-state index in [2.05, 4.69) is 22.3 Å². The molecule has 0 radical (unpaired) electrons. The van der Waals surface area contributed by atoms with Crippen LogP contribution in [0.15, 0.2) is 30.3 Å². The minimum atomic E-state index is -0.509. The van der Waals surface area contributed by atoms with Crippen molar-refractivity contribution in [3.05, 3.63) is 30.3 Å². The molecule has 0 aliphatic carbocycles. The summed E-state index contributed by atoms with van der Waals surface area (Å²) < 4.78 is 5.36. The molecule has 3 rings (SSSR count). The Labute approximate surface area is 142 Å². The Hall–Kier alpha value is -2.08. The molecule has 2 heterocycles. The van der Waals surface area contributed by atoms with Crippen molar-refractivity contribution in [1.82, 2.24) is 10.2 Å². The number of carbonyl (C=O) groups is 2. The fourth-order valence-corrected chi connectivity index (χ4v) is 3.25. The van der Waals surface area contributed by atoms with Gasteiger partial charge in [0.15, 0.2) is 0 Å². The van der Waals surface area contributed by atoms with Gasteiger partial charge >= 0.3 is 0 Å². The number of nitrogens with one attached hydrogen (secondary N) is 1. The Morgan fingerprint density at radius 3 is 2.50 bits per heavy atom. The van der Waals surface area contributed by atoms with Gasteiger partial charge in [0.1, 0.15) is 12.1 Å². The number of nitrogens with zero attached hydrogens (tertiary/aromatic N) is 2. The van der Waals surface area contributed by atoms with Gasteiger partial charge in [-0.2, -0.15) is 0 Å². The summed E-state index contributed by atoms with van der Waals surface area (Å²) in [4.78, 5) is 28.7. The molecule has 2 saturated heterocycles. The van der Waals surface area contributed by atoms with Crippen molar-refractivity contribution in [2.24, 2.45) is 0 Å². The quantitative estimate of drug-likeness (QED) is 0.895. The van der Waals surface area contributed by atoms with E-state index in [0.29, 0.717) is 19.7 Å². The van der Waals surface area contributed by atoms with Gasteiger partial charge in [0, 0.05) is 38.5 Å². The van der Waals surface area contributed by atoms with Crippen LogP contribution in [0, 0.1) is 0 Å². The van der Waals surface area contributed by atoms with E-state index >= 15 is 0 Å². The van der Waals surface area contributed by atoms with Gasteiger partial charge in [0.05, 0.1) is 0 Å². The standard InChI is InChI=1S/C18H25N3O3/c1-14(19-17(22)16-8-5-13-24-16)18(23)21-11-9-20(10-12-21)15-6-3-2-4-7-15/h2-4,6-7,14,16H,5,8-13H2,1H3,(H,19,22)/t14-,16?/m0/s1. The molecule has 0 spiro atoms. The molecule has 2 atom stereocenters. The molecule has 0 saturated carbocycles. The van der Waals surface area contributed by atoms with Crippen LogP contribution in [0.3, 0.4) is 0 Å². The molecule has 2 fully saturated rings. The third-order valence-electron chi connectivity index (χ3n) is 4.66. The van der Waals surface area contributed by atoms with Crippen molar-refractivity contribution in [2.75, 3.05) is 37.7 Å². The lowest BCUT2D eigenvalue weighted by atomic mass is 10.2. The summed E-state index contributed by atoms with van der Waals surface area (Å²) in [6.45, 7) is 5.34. The molecule has 2 aliphatic heterocycles. The maximum atomic E-state index is 12.5. The van der Waals surface area contributed by atoms with Gasteiger partial charge in [0.2, 0.25) is 11.8 Å². The van der Waals surface area contributed by atoms with E-state index in [9.17, 15) is 9.59 Å². The summed E-state index contributed by atoms with van der Waals surface area (Å²) in [5, 5.41) is 2.79. The number of para-hydroxylation sites is 1. The van der Waals surface area contributed by atoms with Crippen LogP contribution in [0.1, 0.15) is 19.8 Å². The highest BCUT2D eigenvalue weighted by atomic mass is 16.5. The van der Waals surface area contributed by atoms with Crippen LogP contribution in [0.5, 0.6) is 0 Å². The van der Waals surface area contributed by atoms with Crippen LogP contribution in [0.25, 0.3) is 0 Å². The molecule has 0 aromatic heterocycles. The Morgan fingerprint density at radius 1 is 1.17 bits per heavy atom. The van der Waals surface area contributed by atoms with Gasteiger partial charge in [-0.1, -0.05) is 18.2 Å². The van der Waals surface area contributed by atoms with Gasteiger partial charge in [0.25, 0.3) is 0 Å². The molecule has 1 aromatic rings. The van der Waals surface area contributed by atoms with Crippen molar-refractivity contribution in [3.63, 3.8) is 0 Å². The first-order valence-electron chi connectivity index (χ1n) is 8.66. The van der Waals surface area contributed by atoms with Gasteiger partial charge in [-0.05, 0) is 31.9 Å². The Kier molecular flexibility index (Phi) is 5.35. The van der Waals surface area contributed by atoms with Crippen molar-refractivity contribution >= 4 is 17.5 Å². The lowest BCUT2D eigenvalue weighted by Crippen LogP contribution is -2.55. The fourth-order valence-electron chi connectivity index (χ4n) is 3.25. The van der Waals surface area contributed by atoms with E-state index in [1.54, 1.807) is 6.92 Å². The smallest absolute Gasteiger partial charge is 0.249 e. The number of hydrogen-bond acceptors (Lipinski definition) is 4. The van der Waals surface area contributed by atoms with Crippen molar-refractivity contribution in [1.29, 1.82) is 0 Å². The fraction of sp³-hybridized carbons (Fsp3) is 0.556. The normalized spacial score (nSPS) is 22.3. The summed E-state index contributed by atoms with van der Waals surface area (Å²) in [5.74, 6) is -0.190. The summed E-state index contributed by atoms with van der Waals surface area (Å²) >= 11 is 0. The zero-order chi connectivity index (χ0) is 16.9. The molecule has 130 valence electrons. The summed E-state index contributed by atoms with van der Waals surface area (Å²) in [6, 6.07) is 9.71. The van der Waals surface area contributed by atoms with Gasteiger partial charge in [-0.25, -0.2) is 0 Å². The Bertz CT molecular complexity index is 564. The number of rotatable bonds is 4. The second-order valence-corrected chi connectivity index (χ2v) is 6.38. The van der Waals surface area contributed by atoms with Crippen LogP contribution in [0.2, 0.25) is 0 Å². The van der Waals surface area contributed by atoms with Crippen molar-refractivity contribution in [3.8, 4) is 0 Å². The maximum Gasteiger partial charge on any atom is 0.249 e. The first-order valence-corrected chi connectivity index (χ1v) is 8.66. The number of anilines is 1. The second-order valence-electron chi connectivity index (χ2n) is 6.38. The van der Waals surface area contributed by atoms with E-state index < -0.39 is 12.1 Å². The average molecular weight is 331 g/mol. The van der Waals surface area contributed by atoms with Crippen LogP contribution in [0.4, 0.5) is 5.69 Å². The highest BCUT2D eigenvalue weighted by Crippen LogP contribution is 2.16. The summed E-state index contributed by atoms with van der Waals surface area (Å²) in [5.41, 5.74) is 1.18. The van der Waals surface area contributed by atoms with Gasteiger partial charge in [-0.3, -0.25) is 9.59 Å². The number of hydrogen-bond donors (Lipinski definition) is 1. The Morgan fingerprint density at radius 2 is 1.88 bits per heavy atom. The molecule has 1 aromatic carbocycles. The maximum absolute atomic E-state index is 12.5. The van der Waals surface area contributed by atoms with Crippen LogP contribution in [-0.4, -0.2) is 61.6 Å². The molecule has 1 N–H and O–H groups in total. The van der Waals surface area contributed by atoms with Crippen LogP contribution >= 0.6 is 0 Å². The number of amides is 2. The van der Waals surface area contributed by atoms with Gasteiger partial charge in [-0.15, -0.1) is 0 Å². The molecule has 0 bridgehead atoms. The first kappa shape index (κ1) is 16.8. The van der Waals surface area contributed by atoms with E-state index in [0.717, 1.165) is 25.9 Å². The van der Waals surface area contributed by atoms with Crippen molar-refractivity contribution in [2.45, 2.75) is 31.9 Å². The first-order chi connectivity index (χ1) is 11.6. The molecule has 2 amide bonds. The molecular formula is C18H25N3O3. The lowest BCUT2D eigenvalue weighted by molar-refractivity contribution is -0.139. The molecule has 1 unspecified atom stereocenters. The Balaban J connectivity index is 1.48. The minimum Gasteiger partial charge on any atom is -0.368 e. The second kappa shape index (κ2) is 7.66. The molecule has 24 heavy (non-hydrogen) atoms. The molecule has 2 aliphatic rings. The minimum absolute atomic E-state index is 0.0194. The monoisotopic (exact) mass is 331 g/mol. The summed E-state index contributed by atoms with van der Waals surface area (Å²) in [7, 11) is 0. The van der Waals surface area contributed by atoms with Crippen molar-refractivity contribution < 1.29 is 14.3 Å². The number of ether oxygens (including phenoxy) is 1. The average Bonchev–Trinajstić information content (AvgIpc) is 3.17. The third kappa shape index (κ3) is 3.87. The SMILES string of the molecule is C[C@H](NC(=O)C1CCCO1)C(=O)N1CCN(c2ccccc2)CC1. The van der Waals surface area contributed by atoms with Gasteiger partial charge < -0.3 is 19.9 Å². The van der Waals surface area contributed by atoms with E-state index in [1.165, 1.54) is 5.69 Å². The summed E-state index contributed by atoms with van der Waals surface area (Å²) in [6.07, 6.45) is 1.25.